The van der Waals surface area contributed by atoms with Crippen molar-refractivity contribution in [2.45, 2.75) is 36.8 Å². The molecule has 0 bridgehead atoms. The second kappa shape index (κ2) is 7.74. The molecule has 2 aromatic rings. The summed E-state index contributed by atoms with van der Waals surface area (Å²) in [6.07, 6.45) is -8.48. The summed E-state index contributed by atoms with van der Waals surface area (Å²) in [6, 6.07) is 7.89. The van der Waals surface area contributed by atoms with Crippen molar-refractivity contribution in [3.05, 3.63) is 47.5 Å². The first-order valence-corrected chi connectivity index (χ1v) is 9.13. The summed E-state index contributed by atoms with van der Waals surface area (Å²) in [7, 11) is 0. The van der Waals surface area contributed by atoms with Gasteiger partial charge in [-0.05, 0) is 17.7 Å². The van der Waals surface area contributed by atoms with Crippen LogP contribution < -0.4 is 4.74 Å². The Morgan fingerprint density at radius 2 is 1.63 bits per heavy atom. The number of phenolic OH excluding ortho intramolecular Hbond substituents is 3. The lowest BCUT2D eigenvalue weighted by Crippen LogP contribution is -2.56. The van der Waals surface area contributed by atoms with Crippen molar-refractivity contribution in [1.82, 2.24) is 0 Å². The zero-order valence-corrected chi connectivity index (χ0v) is 15.5. The molecule has 1 fully saturated rings. The smallest absolute Gasteiger partial charge is 0.203 e. The fourth-order valence-electron chi connectivity index (χ4n) is 3.49. The second-order valence-electron chi connectivity index (χ2n) is 7.14. The Morgan fingerprint density at radius 3 is 2.33 bits per heavy atom. The largest absolute Gasteiger partial charge is 0.508 e. The Hall–Kier alpha value is -2.89. The number of ketones is 1. The fraction of sp³-hybridized carbons (Fsp3) is 0.350. The van der Waals surface area contributed by atoms with Gasteiger partial charge in [0.15, 0.2) is 18.5 Å². The van der Waals surface area contributed by atoms with Gasteiger partial charge in [-0.25, -0.2) is 0 Å². The Kier molecular flexibility index (Phi) is 5.26. The minimum absolute atomic E-state index is 0.0165. The second-order valence-corrected chi connectivity index (χ2v) is 7.14. The first-order valence-electron chi connectivity index (χ1n) is 9.13. The summed E-state index contributed by atoms with van der Waals surface area (Å²) in [5, 5.41) is 59.1. The number of fused-ring (bicyclic) bond motifs is 1. The number of hydrogen-bond donors (Lipinski definition) is 6. The molecule has 2 aliphatic heterocycles. The molecule has 0 aromatic heterocycles. The van der Waals surface area contributed by atoms with Crippen LogP contribution in [0.3, 0.4) is 0 Å². The van der Waals surface area contributed by atoms with E-state index >= 15 is 0 Å². The van der Waals surface area contributed by atoms with Crippen molar-refractivity contribution in [2.75, 3.05) is 6.61 Å². The highest BCUT2D eigenvalue weighted by atomic mass is 16.7. The number of ether oxygens (including phenoxy) is 3. The average molecular weight is 420 g/mol. The number of carbonyl (C=O) groups excluding carboxylic acids is 1. The van der Waals surface area contributed by atoms with Crippen LogP contribution in [0.1, 0.15) is 22.0 Å². The number of benzene rings is 2. The van der Waals surface area contributed by atoms with Gasteiger partial charge in [0, 0.05) is 12.1 Å². The van der Waals surface area contributed by atoms with Crippen LogP contribution in [0.25, 0.3) is 0 Å². The highest BCUT2D eigenvalue weighted by molar-refractivity contribution is 6.05. The van der Waals surface area contributed by atoms with Crippen LogP contribution in [0.5, 0.6) is 23.0 Å². The number of Topliss-reactive ketones (excluding diaryl/α,β-unsaturated/α-hetero) is 1. The van der Waals surface area contributed by atoms with E-state index in [0.717, 1.165) is 6.07 Å². The van der Waals surface area contributed by atoms with Crippen molar-refractivity contribution in [3.8, 4) is 23.0 Å². The zero-order chi connectivity index (χ0) is 21.6. The number of carbonyl (C=O) groups is 1. The number of hydrogen-bond acceptors (Lipinski definition) is 10. The molecular weight excluding hydrogens is 400 g/mol. The summed E-state index contributed by atoms with van der Waals surface area (Å²) < 4.78 is 16.7. The Morgan fingerprint density at radius 1 is 0.933 bits per heavy atom. The minimum atomic E-state index is -1.64. The standard InChI is InChI=1S/C20H20O10/c21-9-3-1-8(2-4-9)18-19(30-20-17(27)15(25)12(24)7-28-20)16(26)14-11(23)5-10(22)6-13(14)29-18/h1-6,12,15,17-25,27H,7H2/t12-,15-,17+,18+,19+,20-/m1/s1. The molecule has 4 rings (SSSR count). The maximum absolute atomic E-state index is 13.2. The van der Waals surface area contributed by atoms with E-state index in [1.807, 2.05) is 0 Å². The van der Waals surface area contributed by atoms with Gasteiger partial charge in [0.25, 0.3) is 0 Å². The van der Waals surface area contributed by atoms with E-state index < -0.39 is 48.3 Å². The third kappa shape index (κ3) is 3.55. The quantitative estimate of drug-likeness (QED) is 0.396. The van der Waals surface area contributed by atoms with E-state index in [1.165, 1.54) is 30.3 Å². The van der Waals surface area contributed by atoms with Crippen molar-refractivity contribution in [2.24, 2.45) is 0 Å². The fourth-order valence-corrected chi connectivity index (χ4v) is 3.49. The molecule has 0 radical (unpaired) electrons. The lowest BCUT2D eigenvalue weighted by Gasteiger charge is -2.39. The van der Waals surface area contributed by atoms with Gasteiger partial charge in [-0.1, -0.05) is 12.1 Å². The Balaban J connectivity index is 1.72. The van der Waals surface area contributed by atoms with E-state index in [9.17, 15) is 35.4 Å². The summed E-state index contributed by atoms with van der Waals surface area (Å²) in [4.78, 5) is 13.2. The number of aromatic hydroxyl groups is 3. The first kappa shape index (κ1) is 20.4. The van der Waals surface area contributed by atoms with Crippen LogP contribution in [0, 0.1) is 0 Å². The SMILES string of the molecule is O=C1c2c(O)cc(O)cc2O[C@@H](c2ccc(O)cc2)[C@H]1O[C@H]1OC[C@@H](O)[C@@H](O)[C@@H]1O. The van der Waals surface area contributed by atoms with Crippen LogP contribution in [-0.2, 0) is 9.47 Å². The molecule has 6 atom stereocenters. The highest BCUT2D eigenvalue weighted by Gasteiger charge is 2.46. The molecule has 10 nitrogen and oxygen atoms in total. The highest BCUT2D eigenvalue weighted by Crippen LogP contribution is 2.43. The van der Waals surface area contributed by atoms with Crippen molar-refractivity contribution in [3.63, 3.8) is 0 Å². The molecule has 2 aliphatic rings. The van der Waals surface area contributed by atoms with Gasteiger partial charge in [0.05, 0.1) is 6.61 Å². The topological polar surface area (TPSA) is 166 Å². The summed E-state index contributed by atoms with van der Waals surface area (Å²) in [5.41, 5.74) is 0.198. The van der Waals surface area contributed by atoms with Gasteiger partial charge in [0.1, 0.15) is 46.9 Å². The van der Waals surface area contributed by atoms with Crippen molar-refractivity contribution in [1.29, 1.82) is 0 Å². The molecule has 160 valence electrons. The van der Waals surface area contributed by atoms with Crippen LogP contribution in [0.15, 0.2) is 36.4 Å². The maximum Gasteiger partial charge on any atom is 0.203 e. The predicted octanol–water partition coefficient (Wildman–Crippen LogP) is -0.0560. The molecule has 2 heterocycles. The molecule has 10 heteroatoms. The molecule has 0 aliphatic carbocycles. The third-order valence-corrected chi connectivity index (χ3v) is 5.06. The monoisotopic (exact) mass is 420 g/mol. The van der Waals surface area contributed by atoms with E-state index in [2.05, 4.69) is 0 Å². The Labute approximate surface area is 170 Å². The molecule has 1 saturated heterocycles. The van der Waals surface area contributed by atoms with Crippen LogP contribution >= 0.6 is 0 Å². The van der Waals surface area contributed by atoms with E-state index in [1.54, 1.807) is 0 Å². The van der Waals surface area contributed by atoms with E-state index in [4.69, 9.17) is 14.2 Å². The van der Waals surface area contributed by atoms with Gasteiger partial charge in [-0.2, -0.15) is 0 Å². The van der Waals surface area contributed by atoms with Crippen LogP contribution in [0.2, 0.25) is 0 Å². The molecule has 0 unspecified atom stereocenters. The van der Waals surface area contributed by atoms with Crippen molar-refractivity contribution >= 4 is 5.78 Å². The number of aliphatic hydroxyl groups is 3. The molecule has 30 heavy (non-hydrogen) atoms. The maximum atomic E-state index is 13.2. The summed E-state index contributed by atoms with van der Waals surface area (Å²) in [6.45, 7) is -0.329. The van der Waals surface area contributed by atoms with Crippen LogP contribution in [0.4, 0.5) is 0 Å². The number of phenols is 3. The van der Waals surface area contributed by atoms with Crippen LogP contribution in [-0.4, -0.2) is 73.7 Å². The minimum Gasteiger partial charge on any atom is -0.508 e. The lowest BCUT2D eigenvalue weighted by atomic mass is 9.92. The van der Waals surface area contributed by atoms with E-state index in [0.29, 0.717) is 5.56 Å². The molecule has 0 amide bonds. The predicted molar refractivity (Wildman–Crippen MR) is 98.2 cm³/mol. The molecule has 2 aromatic carbocycles. The molecule has 0 spiro atoms. The van der Waals surface area contributed by atoms with Gasteiger partial charge < -0.3 is 44.8 Å². The molecule has 6 N–H and O–H groups in total. The van der Waals surface area contributed by atoms with Gasteiger partial charge in [-0.3, -0.25) is 4.79 Å². The number of aliphatic hydroxyl groups excluding tert-OH is 3. The van der Waals surface area contributed by atoms with Gasteiger partial charge >= 0.3 is 0 Å². The van der Waals surface area contributed by atoms with E-state index in [-0.39, 0.29) is 29.4 Å². The summed E-state index contributed by atoms with van der Waals surface area (Å²) >= 11 is 0. The lowest BCUT2D eigenvalue weighted by molar-refractivity contribution is -0.283. The van der Waals surface area contributed by atoms with Gasteiger partial charge in [0.2, 0.25) is 5.78 Å². The Bertz CT molecular complexity index is 943. The average Bonchev–Trinajstić information content (AvgIpc) is 2.70. The zero-order valence-electron chi connectivity index (χ0n) is 15.5. The molecule has 0 saturated carbocycles. The number of rotatable bonds is 3. The molecular formula is C20H20O10. The van der Waals surface area contributed by atoms with Crippen molar-refractivity contribution < 1.29 is 49.6 Å². The first-order chi connectivity index (χ1) is 14.3. The normalized spacial score (nSPS) is 31.1. The summed E-state index contributed by atoms with van der Waals surface area (Å²) in [5.74, 6) is -1.63. The van der Waals surface area contributed by atoms with Gasteiger partial charge in [-0.15, -0.1) is 0 Å². The third-order valence-electron chi connectivity index (χ3n) is 5.06.